The van der Waals surface area contributed by atoms with Crippen LogP contribution < -0.4 is 5.32 Å². The van der Waals surface area contributed by atoms with E-state index in [1.54, 1.807) is 13.8 Å². The zero-order valence-corrected chi connectivity index (χ0v) is 17.2. The molecular formula is C19H19ClF2N2O4S. The Morgan fingerprint density at radius 1 is 1.10 bits per heavy atom. The molecule has 0 radical (unpaired) electrons. The molecule has 0 spiro atoms. The van der Waals surface area contributed by atoms with Crippen LogP contribution in [0.25, 0.3) is 0 Å². The summed E-state index contributed by atoms with van der Waals surface area (Å²) in [6.45, 7) is 4.11. The Morgan fingerprint density at radius 2 is 1.66 bits per heavy atom. The van der Waals surface area contributed by atoms with E-state index >= 15 is 0 Å². The van der Waals surface area contributed by atoms with Gasteiger partial charge in [0.15, 0.2) is 11.6 Å². The number of nitrogens with one attached hydrogen (secondary N) is 1. The summed E-state index contributed by atoms with van der Waals surface area (Å²) in [4.78, 5) is 12.3. The fraction of sp³-hybridized carbons (Fsp3) is 0.316. The van der Waals surface area contributed by atoms with Gasteiger partial charge >= 0.3 is 0 Å². The number of ether oxygens (including phenoxy) is 1. The van der Waals surface area contributed by atoms with Gasteiger partial charge in [0.2, 0.25) is 10.0 Å². The molecule has 6 nitrogen and oxygen atoms in total. The van der Waals surface area contributed by atoms with E-state index in [9.17, 15) is 22.0 Å². The number of anilines is 1. The summed E-state index contributed by atoms with van der Waals surface area (Å²) in [6, 6.07) is 6.96. The molecular weight excluding hydrogens is 426 g/mol. The van der Waals surface area contributed by atoms with E-state index < -0.39 is 27.6 Å². The van der Waals surface area contributed by atoms with Gasteiger partial charge in [-0.2, -0.15) is 4.31 Å². The van der Waals surface area contributed by atoms with Crippen LogP contribution in [0.1, 0.15) is 24.2 Å². The highest BCUT2D eigenvalue weighted by Gasteiger charge is 2.32. The number of morpholine rings is 1. The van der Waals surface area contributed by atoms with Crippen molar-refractivity contribution in [2.75, 3.05) is 18.4 Å². The molecule has 1 fully saturated rings. The maximum absolute atomic E-state index is 13.4. The highest BCUT2D eigenvalue weighted by molar-refractivity contribution is 7.89. The number of benzene rings is 2. The highest BCUT2D eigenvalue weighted by atomic mass is 35.5. The average molecular weight is 445 g/mol. The zero-order chi connectivity index (χ0) is 21.3. The van der Waals surface area contributed by atoms with Crippen molar-refractivity contribution in [2.24, 2.45) is 0 Å². The molecule has 156 valence electrons. The lowest BCUT2D eigenvalue weighted by molar-refractivity contribution is -0.0440. The average Bonchev–Trinajstić information content (AvgIpc) is 2.64. The molecule has 0 aromatic heterocycles. The number of amides is 1. The molecule has 3 rings (SSSR count). The molecule has 1 N–H and O–H groups in total. The number of rotatable bonds is 4. The minimum Gasteiger partial charge on any atom is -0.373 e. The molecule has 1 amide bonds. The smallest absolute Gasteiger partial charge is 0.257 e. The van der Waals surface area contributed by atoms with E-state index in [0.29, 0.717) is 12.1 Å². The van der Waals surface area contributed by atoms with Gasteiger partial charge < -0.3 is 10.1 Å². The van der Waals surface area contributed by atoms with E-state index in [2.05, 4.69) is 5.32 Å². The van der Waals surface area contributed by atoms with Crippen LogP contribution >= 0.6 is 11.6 Å². The van der Waals surface area contributed by atoms with Gasteiger partial charge in [0.1, 0.15) is 0 Å². The summed E-state index contributed by atoms with van der Waals surface area (Å²) in [6.07, 6.45) is -0.430. The number of hydrogen-bond acceptors (Lipinski definition) is 4. The van der Waals surface area contributed by atoms with E-state index in [0.717, 1.165) is 0 Å². The third kappa shape index (κ3) is 4.75. The molecule has 1 aliphatic rings. The fourth-order valence-corrected chi connectivity index (χ4v) is 4.91. The van der Waals surface area contributed by atoms with Crippen molar-refractivity contribution in [3.8, 4) is 0 Å². The first kappa shape index (κ1) is 21.6. The molecule has 2 aromatic rings. The molecule has 0 unspecified atom stereocenters. The molecule has 0 saturated carbocycles. The molecule has 2 aromatic carbocycles. The number of carbonyl (C=O) groups is 1. The van der Waals surface area contributed by atoms with Crippen LogP contribution in [0.2, 0.25) is 5.02 Å². The third-order valence-corrected chi connectivity index (χ3v) is 6.55. The molecule has 0 bridgehead atoms. The minimum absolute atomic E-state index is 0.0719. The van der Waals surface area contributed by atoms with E-state index in [1.165, 1.54) is 28.6 Å². The van der Waals surface area contributed by atoms with Crippen molar-refractivity contribution >= 4 is 33.2 Å². The maximum Gasteiger partial charge on any atom is 0.257 e. The van der Waals surface area contributed by atoms with Crippen LogP contribution in [-0.2, 0) is 14.8 Å². The van der Waals surface area contributed by atoms with Crippen LogP contribution in [0.5, 0.6) is 0 Å². The summed E-state index contributed by atoms with van der Waals surface area (Å²) in [7, 11) is -3.71. The Hall–Kier alpha value is -2.07. The Morgan fingerprint density at radius 3 is 2.24 bits per heavy atom. The zero-order valence-electron chi connectivity index (χ0n) is 15.7. The summed E-state index contributed by atoms with van der Waals surface area (Å²) in [5.74, 6) is -3.11. The molecule has 29 heavy (non-hydrogen) atoms. The van der Waals surface area contributed by atoms with Gasteiger partial charge in [-0.25, -0.2) is 17.2 Å². The van der Waals surface area contributed by atoms with Gasteiger partial charge in [-0.1, -0.05) is 11.6 Å². The third-order valence-electron chi connectivity index (χ3n) is 4.39. The van der Waals surface area contributed by atoms with Gasteiger partial charge in [-0.15, -0.1) is 0 Å². The molecule has 1 heterocycles. The Bertz CT molecular complexity index is 1020. The van der Waals surface area contributed by atoms with Crippen molar-refractivity contribution < 1.29 is 26.7 Å². The number of halogens is 3. The van der Waals surface area contributed by atoms with Crippen molar-refractivity contribution in [3.63, 3.8) is 0 Å². The highest BCUT2D eigenvalue weighted by Crippen LogP contribution is 2.24. The summed E-state index contributed by atoms with van der Waals surface area (Å²) in [5.41, 5.74) is 0.0389. The minimum atomic E-state index is -3.71. The summed E-state index contributed by atoms with van der Waals surface area (Å²) in [5, 5.41) is 2.24. The number of sulfonamides is 1. The summed E-state index contributed by atoms with van der Waals surface area (Å²) < 4.78 is 59.1. The van der Waals surface area contributed by atoms with Gasteiger partial charge in [0.05, 0.1) is 27.7 Å². The molecule has 1 saturated heterocycles. The number of hydrogen-bond donors (Lipinski definition) is 1. The van der Waals surface area contributed by atoms with Crippen molar-refractivity contribution in [2.45, 2.75) is 31.0 Å². The van der Waals surface area contributed by atoms with Crippen molar-refractivity contribution in [1.82, 2.24) is 4.31 Å². The standard InChI is InChI=1S/C19H19ClF2N2O4S/c1-11-9-24(10-12(2)28-11)29(26,27)14-5-3-13(4-6-14)23-19(25)15-7-17(21)18(22)8-16(15)20/h3-8,11-12H,9-10H2,1-2H3,(H,23,25)/t11-,12-/m1/s1. The lowest BCUT2D eigenvalue weighted by Gasteiger charge is -2.34. The van der Waals surface area contributed by atoms with Crippen molar-refractivity contribution in [1.29, 1.82) is 0 Å². The Balaban J connectivity index is 1.76. The lowest BCUT2D eigenvalue weighted by atomic mass is 10.2. The molecule has 2 atom stereocenters. The van der Waals surface area contributed by atoms with E-state index in [-0.39, 0.29) is 46.5 Å². The van der Waals surface area contributed by atoms with Crippen LogP contribution in [0.15, 0.2) is 41.3 Å². The predicted octanol–water partition coefficient (Wildman–Crippen LogP) is 3.67. The second-order valence-electron chi connectivity index (χ2n) is 6.80. The van der Waals surface area contributed by atoms with Crippen LogP contribution in [0.3, 0.4) is 0 Å². The first-order valence-corrected chi connectivity index (χ1v) is 10.6. The molecule has 0 aliphatic carbocycles. The van der Waals surface area contributed by atoms with Crippen molar-refractivity contribution in [3.05, 3.63) is 58.6 Å². The fourth-order valence-electron chi connectivity index (χ4n) is 3.08. The lowest BCUT2D eigenvalue weighted by Crippen LogP contribution is -2.48. The van der Waals surface area contributed by atoms with Gasteiger partial charge in [0.25, 0.3) is 5.91 Å². The van der Waals surface area contributed by atoms with Gasteiger partial charge in [0, 0.05) is 18.8 Å². The van der Waals surface area contributed by atoms with Crippen LogP contribution in [0, 0.1) is 11.6 Å². The maximum atomic E-state index is 13.4. The monoisotopic (exact) mass is 444 g/mol. The SMILES string of the molecule is C[C@@H]1CN(S(=O)(=O)c2ccc(NC(=O)c3cc(F)c(F)cc3Cl)cc2)C[C@@H](C)O1. The topological polar surface area (TPSA) is 75.7 Å². The second kappa shape index (κ2) is 8.35. The first-order valence-electron chi connectivity index (χ1n) is 8.79. The Kier molecular flexibility index (Phi) is 6.23. The molecule has 1 aliphatic heterocycles. The first-order chi connectivity index (χ1) is 13.6. The number of nitrogens with zero attached hydrogens (tertiary/aromatic N) is 1. The largest absolute Gasteiger partial charge is 0.373 e. The quantitative estimate of drug-likeness (QED) is 0.730. The predicted molar refractivity (Wildman–Crippen MR) is 105 cm³/mol. The van der Waals surface area contributed by atoms with E-state index in [4.69, 9.17) is 16.3 Å². The van der Waals surface area contributed by atoms with Gasteiger partial charge in [-0.05, 0) is 50.2 Å². The second-order valence-corrected chi connectivity index (χ2v) is 9.15. The van der Waals surface area contributed by atoms with Crippen LogP contribution in [-0.4, -0.2) is 43.9 Å². The van der Waals surface area contributed by atoms with Crippen LogP contribution in [0.4, 0.5) is 14.5 Å². The Labute approximate surface area is 172 Å². The number of carbonyl (C=O) groups excluding carboxylic acids is 1. The van der Waals surface area contributed by atoms with Gasteiger partial charge in [-0.3, -0.25) is 4.79 Å². The normalized spacial score (nSPS) is 20.4. The molecule has 10 heteroatoms. The summed E-state index contributed by atoms with van der Waals surface area (Å²) >= 11 is 5.79. The van der Waals surface area contributed by atoms with E-state index in [1.807, 2.05) is 0 Å².